The summed E-state index contributed by atoms with van der Waals surface area (Å²) < 4.78 is 45.0. The Hall–Kier alpha value is -3.65. The zero-order valence-electron chi connectivity index (χ0n) is 15.2. The summed E-state index contributed by atoms with van der Waals surface area (Å²) in [6, 6.07) is 13.1. The fourth-order valence-corrected chi connectivity index (χ4v) is 3.91. The average Bonchev–Trinajstić information content (AvgIpc) is 3.29. The molecule has 0 aliphatic rings. The Morgan fingerprint density at radius 1 is 1.13 bits per heavy atom. The van der Waals surface area contributed by atoms with Gasteiger partial charge in [0, 0.05) is 12.1 Å². The molecule has 11 heteroatoms. The van der Waals surface area contributed by atoms with E-state index >= 15 is 0 Å². The molecule has 2 heterocycles. The first-order valence-electron chi connectivity index (χ1n) is 8.67. The van der Waals surface area contributed by atoms with Crippen molar-refractivity contribution >= 4 is 21.6 Å². The second kappa shape index (κ2) is 7.64. The van der Waals surface area contributed by atoms with E-state index in [1.807, 2.05) is 0 Å². The second-order valence-electron chi connectivity index (χ2n) is 6.29. The molecule has 1 N–H and O–H groups in total. The van der Waals surface area contributed by atoms with Crippen LogP contribution in [0, 0.1) is 16.7 Å². The topological polar surface area (TPSA) is 92.5 Å². The van der Waals surface area contributed by atoms with Gasteiger partial charge in [-0.15, -0.1) is 18.3 Å². The van der Waals surface area contributed by atoms with Crippen LogP contribution in [-0.4, -0.2) is 25.9 Å². The Morgan fingerprint density at radius 3 is 2.60 bits per heavy atom. The number of aromatic nitrogens is 4. The second-order valence-corrected chi connectivity index (χ2v) is 7.32. The van der Waals surface area contributed by atoms with Crippen molar-refractivity contribution in [2.24, 2.45) is 0 Å². The van der Waals surface area contributed by atoms with Crippen LogP contribution in [0.4, 0.5) is 13.2 Å². The maximum Gasteiger partial charge on any atom is 0.573 e. The third kappa shape index (κ3) is 4.18. The van der Waals surface area contributed by atoms with E-state index < -0.39 is 6.36 Å². The van der Waals surface area contributed by atoms with E-state index in [1.54, 1.807) is 39.7 Å². The van der Waals surface area contributed by atoms with E-state index in [0.29, 0.717) is 34.6 Å². The first-order chi connectivity index (χ1) is 14.3. The molecule has 2 aromatic carbocycles. The van der Waals surface area contributed by atoms with Crippen molar-refractivity contribution in [1.29, 1.82) is 10.7 Å². The third-order valence-corrected chi connectivity index (χ3v) is 5.27. The molecule has 0 amide bonds. The summed E-state index contributed by atoms with van der Waals surface area (Å²) in [4.78, 5) is 0.210. The number of nitrogens with one attached hydrogen (secondary N) is 1. The third-order valence-electron chi connectivity index (χ3n) is 4.31. The highest BCUT2D eigenvalue weighted by atomic mass is 32.1. The molecular formula is C19H13F3N6OS. The van der Waals surface area contributed by atoms with Gasteiger partial charge in [-0.25, -0.2) is 0 Å². The van der Waals surface area contributed by atoms with Gasteiger partial charge in [0.15, 0.2) is 4.80 Å². The summed E-state index contributed by atoms with van der Waals surface area (Å²) in [6.45, 7) is 0.820. The maximum absolute atomic E-state index is 12.4. The lowest BCUT2D eigenvalue weighted by Crippen LogP contribution is -2.17. The van der Waals surface area contributed by atoms with E-state index in [9.17, 15) is 13.2 Å². The highest BCUT2D eigenvalue weighted by Gasteiger charge is 2.31. The SMILES string of the molecule is N#Cc1ccc(-c2cn(CCn3c(=N)sc4cc(OC(F)(F)F)ccc43)nn2)cc1. The van der Waals surface area contributed by atoms with Gasteiger partial charge in [-0.1, -0.05) is 28.7 Å². The number of halogens is 3. The predicted octanol–water partition coefficient (Wildman–Crippen LogP) is 3.91. The van der Waals surface area contributed by atoms with Crippen LogP contribution < -0.4 is 9.54 Å². The fourth-order valence-electron chi connectivity index (χ4n) is 2.94. The average molecular weight is 430 g/mol. The molecule has 0 unspecified atom stereocenters. The van der Waals surface area contributed by atoms with Crippen LogP contribution in [0.5, 0.6) is 5.75 Å². The molecule has 0 aliphatic carbocycles. The minimum Gasteiger partial charge on any atom is -0.406 e. The monoisotopic (exact) mass is 430 g/mol. The number of hydrogen-bond acceptors (Lipinski definition) is 6. The number of nitriles is 1. The van der Waals surface area contributed by atoms with Crippen LogP contribution in [0.2, 0.25) is 0 Å². The van der Waals surface area contributed by atoms with E-state index in [-0.39, 0.29) is 10.6 Å². The smallest absolute Gasteiger partial charge is 0.406 e. The Bertz CT molecular complexity index is 1300. The van der Waals surface area contributed by atoms with Gasteiger partial charge in [0.1, 0.15) is 11.4 Å². The molecule has 0 fully saturated rings. The number of alkyl halides is 3. The molecule has 0 radical (unpaired) electrons. The molecule has 0 bridgehead atoms. The van der Waals surface area contributed by atoms with Gasteiger partial charge in [-0.2, -0.15) is 5.26 Å². The standard InChI is InChI=1S/C19H13F3N6OS/c20-19(21,22)29-14-5-6-16-17(9-14)30-18(24)28(16)8-7-27-11-15(25-26-27)13-3-1-12(10-23)2-4-13/h1-6,9,11,24H,7-8H2. The first kappa shape index (κ1) is 19.7. The first-order valence-corrected chi connectivity index (χ1v) is 9.48. The molecule has 30 heavy (non-hydrogen) atoms. The number of rotatable bonds is 5. The molecule has 0 spiro atoms. The summed E-state index contributed by atoms with van der Waals surface area (Å²) >= 11 is 1.07. The fraction of sp³-hybridized carbons (Fsp3) is 0.158. The molecule has 0 atom stereocenters. The van der Waals surface area contributed by atoms with Gasteiger partial charge in [-0.3, -0.25) is 10.1 Å². The molecule has 0 saturated heterocycles. The number of benzene rings is 2. The molecule has 4 aromatic rings. The minimum atomic E-state index is -4.76. The molecule has 7 nitrogen and oxygen atoms in total. The number of thiazole rings is 1. The van der Waals surface area contributed by atoms with Crippen LogP contribution in [0.3, 0.4) is 0 Å². The highest BCUT2D eigenvalue weighted by Crippen LogP contribution is 2.28. The maximum atomic E-state index is 12.4. The van der Waals surface area contributed by atoms with Gasteiger partial charge in [0.2, 0.25) is 0 Å². The minimum absolute atomic E-state index is 0.210. The van der Waals surface area contributed by atoms with Gasteiger partial charge >= 0.3 is 6.36 Å². The highest BCUT2D eigenvalue weighted by molar-refractivity contribution is 7.16. The quantitative estimate of drug-likeness (QED) is 0.520. The van der Waals surface area contributed by atoms with Crippen LogP contribution in [0.25, 0.3) is 21.5 Å². The molecule has 2 aromatic heterocycles. The van der Waals surface area contributed by atoms with Crippen LogP contribution in [0.1, 0.15) is 5.56 Å². The zero-order valence-corrected chi connectivity index (χ0v) is 16.0. The van der Waals surface area contributed by atoms with Crippen LogP contribution in [0.15, 0.2) is 48.7 Å². The van der Waals surface area contributed by atoms with E-state index in [2.05, 4.69) is 21.1 Å². The lowest BCUT2D eigenvalue weighted by molar-refractivity contribution is -0.274. The van der Waals surface area contributed by atoms with Gasteiger partial charge in [-0.05, 0) is 30.3 Å². The molecule has 4 rings (SSSR count). The number of hydrogen-bond donors (Lipinski definition) is 1. The van der Waals surface area contributed by atoms with E-state index in [1.165, 1.54) is 18.2 Å². The summed E-state index contributed by atoms with van der Waals surface area (Å²) in [5, 5.41) is 25.2. The van der Waals surface area contributed by atoms with Gasteiger partial charge < -0.3 is 9.30 Å². The molecule has 152 valence electrons. The van der Waals surface area contributed by atoms with Crippen molar-refractivity contribution in [1.82, 2.24) is 19.6 Å². The van der Waals surface area contributed by atoms with Crippen molar-refractivity contribution in [2.75, 3.05) is 0 Å². The molecule has 0 saturated carbocycles. The molecular weight excluding hydrogens is 417 g/mol. The van der Waals surface area contributed by atoms with Gasteiger partial charge in [0.05, 0.1) is 34.6 Å². The summed E-state index contributed by atoms with van der Waals surface area (Å²) in [7, 11) is 0. The summed E-state index contributed by atoms with van der Waals surface area (Å²) in [6.07, 6.45) is -3.00. The van der Waals surface area contributed by atoms with Crippen molar-refractivity contribution in [2.45, 2.75) is 19.5 Å². The Morgan fingerprint density at radius 2 is 1.90 bits per heavy atom. The number of fused-ring (bicyclic) bond motifs is 1. The normalized spacial score (nSPS) is 11.5. The molecule has 0 aliphatic heterocycles. The van der Waals surface area contributed by atoms with Crippen LogP contribution in [-0.2, 0) is 13.1 Å². The number of nitrogens with zero attached hydrogens (tertiary/aromatic N) is 5. The van der Waals surface area contributed by atoms with Crippen molar-refractivity contribution in [3.05, 3.63) is 59.0 Å². The lowest BCUT2D eigenvalue weighted by Gasteiger charge is -2.09. The number of aryl methyl sites for hydroxylation is 2. The largest absolute Gasteiger partial charge is 0.573 e. The van der Waals surface area contributed by atoms with E-state index in [0.717, 1.165) is 16.9 Å². The van der Waals surface area contributed by atoms with Crippen molar-refractivity contribution < 1.29 is 17.9 Å². The Labute approximate surface area is 171 Å². The zero-order chi connectivity index (χ0) is 21.3. The predicted molar refractivity (Wildman–Crippen MR) is 103 cm³/mol. The van der Waals surface area contributed by atoms with Crippen LogP contribution >= 0.6 is 11.3 Å². The van der Waals surface area contributed by atoms with Crippen molar-refractivity contribution in [3.8, 4) is 23.1 Å². The van der Waals surface area contributed by atoms with Gasteiger partial charge in [0.25, 0.3) is 0 Å². The Balaban J connectivity index is 1.51. The summed E-state index contributed by atoms with van der Waals surface area (Å²) in [5.41, 5.74) is 2.68. The Kier molecular flexibility index (Phi) is 5.01. The lowest BCUT2D eigenvalue weighted by atomic mass is 10.1. The van der Waals surface area contributed by atoms with E-state index in [4.69, 9.17) is 10.7 Å². The van der Waals surface area contributed by atoms with Crippen molar-refractivity contribution in [3.63, 3.8) is 0 Å². The summed E-state index contributed by atoms with van der Waals surface area (Å²) in [5.74, 6) is -0.313. The number of ether oxygens (including phenoxy) is 1.